The molecule has 2 aliphatic rings. The molecule has 0 spiro atoms. The van der Waals surface area contributed by atoms with Gasteiger partial charge in [-0.15, -0.1) is 0 Å². The van der Waals surface area contributed by atoms with E-state index in [0.717, 1.165) is 48.1 Å². The normalized spacial score (nSPS) is 20.6. The number of aryl methyl sites for hydroxylation is 1. The summed E-state index contributed by atoms with van der Waals surface area (Å²) in [5.74, 6) is 0.107. The fraction of sp³-hybridized carbons (Fsp3) is 0.360. The van der Waals surface area contributed by atoms with Gasteiger partial charge in [0, 0.05) is 31.3 Å². The lowest BCUT2D eigenvalue weighted by atomic mass is 9.81. The molecule has 1 N–H and O–H groups in total. The molecule has 5 rings (SSSR count). The number of amides is 3. The molecule has 0 bridgehead atoms. The minimum absolute atomic E-state index is 0.0979. The molecule has 1 saturated carbocycles. The highest BCUT2D eigenvalue weighted by Crippen LogP contribution is 2.38. The molecule has 3 aromatic rings. The summed E-state index contributed by atoms with van der Waals surface area (Å²) in [5, 5.41) is 2.86. The zero-order valence-electron chi connectivity index (χ0n) is 18.1. The van der Waals surface area contributed by atoms with Crippen LogP contribution in [0.1, 0.15) is 32.1 Å². The van der Waals surface area contributed by atoms with Crippen LogP contribution in [-0.2, 0) is 21.4 Å². The van der Waals surface area contributed by atoms with E-state index >= 15 is 0 Å². The van der Waals surface area contributed by atoms with Crippen molar-refractivity contribution in [1.29, 1.82) is 0 Å². The summed E-state index contributed by atoms with van der Waals surface area (Å²) in [6.45, 7) is 0.147. The van der Waals surface area contributed by atoms with E-state index < -0.39 is 0 Å². The Labute approximate surface area is 186 Å². The highest BCUT2D eigenvalue weighted by atomic mass is 16.2. The number of rotatable bonds is 5. The van der Waals surface area contributed by atoms with Crippen molar-refractivity contribution in [3.8, 4) is 11.4 Å². The van der Waals surface area contributed by atoms with Crippen LogP contribution in [0.15, 0.2) is 48.5 Å². The summed E-state index contributed by atoms with van der Waals surface area (Å²) in [7, 11) is 1.98. The van der Waals surface area contributed by atoms with Crippen LogP contribution in [0.3, 0.4) is 0 Å². The third kappa shape index (κ3) is 3.57. The van der Waals surface area contributed by atoms with Crippen molar-refractivity contribution in [1.82, 2.24) is 14.5 Å². The van der Waals surface area contributed by atoms with E-state index in [-0.39, 0.29) is 42.5 Å². The Morgan fingerprint density at radius 1 is 1.00 bits per heavy atom. The number of aromatic nitrogens is 2. The lowest BCUT2D eigenvalue weighted by Crippen LogP contribution is -2.34. The zero-order chi connectivity index (χ0) is 22.2. The average molecular weight is 431 g/mol. The number of carbonyl (C=O) groups is 3. The standard InChI is InChI=1S/C25H26N4O3/c1-28-21-9-5-4-8-20(21)27-23(28)16-10-12-17(13-11-16)26-22(30)14-15-29-24(31)18-6-2-3-7-19(18)25(29)32/h4-5,8-13,18-19H,2-3,6-7,14-15H2,1H3,(H,26,30). The van der Waals surface area contributed by atoms with Crippen molar-refractivity contribution in [2.45, 2.75) is 32.1 Å². The molecule has 1 aliphatic heterocycles. The summed E-state index contributed by atoms with van der Waals surface area (Å²) in [4.78, 5) is 43.5. The van der Waals surface area contributed by atoms with Gasteiger partial charge in [0.25, 0.3) is 0 Å². The second-order valence-corrected chi connectivity index (χ2v) is 8.68. The van der Waals surface area contributed by atoms with E-state index in [1.54, 1.807) is 0 Å². The second-order valence-electron chi connectivity index (χ2n) is 8.68. The number of carbonyl (C=O) groups excluding carboxylic acids is 3. The van der Waals surface area contributed by atoms with Crippen molar-refractivity contribution in [3.05, 3.63) is 48.5 Å². The Kier molecular flexibility index (Phi) is 5.25. The van der Waals surface area contributed by atoms with Crippen molar-refractivity contribution in [2.75, 3.05) is 11.9 Å². The molecule has 1 aromatic heterocycles. The smallest absolute Gasteiger partial charge is 0.233 e. The van der Waals surface area contributed by atoms with E-state index in [4.69, 9.17) is 4.98 Å². The molecule has 0 radical (unpaired) electrons. The van der Waals surface area contributed by atoms with Crippen molar-refractivity contribution >= 4 is 34.4 Å². The molecule has 2 unspecified atom stereocenters. The summed E-state index contributed by atoms with van der Waals surface area (Å²) in [6, 6.07) is 15.5. The Morgan fingerprint density at radius 2 is 1.66 bits per heavy atom. The molecule has 7 heteroatoms. The molecule has 2 atom stereocenters. The monoisotopic (exact) mass is 430 g/mol. The predicted octanol–water partition coefficient (Wildman–Crippen LogP) is 3.74. The van der Waals surface area contributed by atoms with Gasteiger partial charge in [-0.2, -0.15) is 0 Å². The number of fused-ring (bicyclic) bond motifs is 2. The third-order valence-electron chi connectivity index (χ3n) is 6.71. The molecule has 32 heavy (non-hydrogen) atoms. The molecule has 2 aromatic carbocycles. The van der Waals surface area contributed by atoms with Gasteiger partial charge in [0.15, 0.2) is 0 Å². The first-order valence-corrected chi connectivity index (χ1v) is 11.2. The van der Waals surface area contributed by atoms with E-state index in [0.29, 0.717) is 5.69 Å². The molecule has 164 valence electrons. The van der Waals surface area contributed by atoms with Gasteiger partial charge in [-0.05, 0) is 49.2 Å². The number of para-hydroxylation sites is 2. The molecule has 1 saturated heterocycles. The Morgan fingerprint density at radius 3 is 2.31 bits per heavy atom. The summed E-state index contributed by atoms with van der Waals surface area (Å²) >= 11 is 0. The maximum atomic E-state index is 12.6. The topological polar surface area (TPSA) is 84.3 Å². The number of hydrogen-bond acceptors (Lipinski definition) is 4. The summed E-state index contributed by atoms with van der Waals surface area (Å²) in [6.07, 6.45) is 3.67. The number of nitrogens with zero attached hydrogens (tertiary/aromatic N) is 3. The van der Waals surface area contributed by atoms with Crippen LogP contribution in [0.4, 0.5) is 5.69 Å². The minimum Gasteiger partial charge on any atom is -0.327 e. The summed E-state index contributed by atoms with van der Waals surface area (Å²) < 4.78 is 2.05. The van der Waals surface area contributed by atoms with E-state index in [1.165, 1.54) is 4.90 Å². The maximum Gasteiger partial charge on any atom is 0.233 e. The van der Waals surface area contributed by atoms with Crippen molar-refractivity contribution in [2.24, 2.45) is 18.9 Å². The number of imide groups is 1. The molecule has 1 aliphatic carbocycles. The minimum atomic E-state index is -0.212. The van der Waals surface area contributed by atoms with Crippen LogP contribution in [0.2, 0.25) is 0 Å². The van der Waals surface area contributed by atoms with Crippen LogP contribution >= 0.6 is 0 Å². The van der Waals surface area contributed by atoms with Gasteiger partial charge < -0.3 is 9.88 Å². The Hall–Kier alpha value is -3.48. The number of hydrogen-bond donors (Lipinski definition) is 1. The molecule has 7 nitrogen and oxygen atoms in total. The number of imidazole rings is 1. The first-order chi connectivity index (χ1) is 15.5. The molecule has 2 fully saturated rings. The van der Waals surface area contributed by atoms with Gasteiger partial charge in [-0.3, -0.25) is 19.3 Å². The highest BCUT2D eigenvalue weighted by Gasteiger charge is 2.47. The Balaban J connectivity index is 1.21. The van der Waals surface area contributed by atoms with Gasteiger partial charge in [0.05, 0.1) is 22.9 Å². The maximum absolute atomic E-state index is 12.6. The predicted molar refractivity (Wildman–Crippen MR) is 122 cm³/mol. The van der Waals surface area contributed by atoms with Gasteiger partial charge in [0.1, 0.15) is 5.82 Å². The van der Waals surface area contributed by atoms with Crippen LogP contribution in [0.5, 0.6) is 0 Å². The van der Waals surface area contributed by atoms with Gasteiger partial charge >= 0.3 is 0 Å². The SMILES string of the molecule is Cn1c(-c2ccc(NC(=O)CCN3C(=O)C4CCCCC4C3=O)cc2)nc2ccccc21. The number of anilines is 1. The fourth-order valence-corrected chi connectivity index (χ4v) is 4.99. The molecule has 2 heterocycles. The molecular formula is C25H26N4O3. The van der Waals surface area contributed by atoms with Crippen LogP contribution < -0.4 is 5.32 Å². The van der Waals surface area contributed by atoms with Gasteiger partial charge in [-0.25, -0.2) is 4.98 Å². The van der Waals surface area contributed by atoms with Crippen LogP contribution in [0.25, 0.3) is 22.4 Å². The van der Waals surface area contributed by atoms with E-state index in [1.807, 2.05) is 60.1 Å². The fourth-order valence-electron chi connectivity index (χ4n) is 4.99. The van der Waals surface area contributed by atoms with Gasteiger partial charge in [0.2, 0.25) is 17.7 Å². The van der Waals surface area contributed by atoms with E-state index in [2.05, 4.69) is 5.32 Å². The van der Waals surface area contributed by atoms with Crippen LogP contribution in [0, 0.1) is 11.8 Å². The lowest BCUT2D eigenvalue weighted by Gasteiger charge is -2.19. The van der Waals surface area contributed by atoms with Crippen molar-refractivity contribution in [3.63, 3.8) is 0 Å². The largest absolute Gasteiger partial charge is 0.327 e. The highest BCUT2D eigenvalue weighted by molar-refractivity contribution is 6.05. The average Bonchev–Trinajstić information content (AvgIpc) is 3.27. The van der Waals surface area contributed by atoms with E-state index in [9.17, 15) is 14.4 Å². The first kappa shape index (κ1) is 20.4. The zero-order valence-corrected chi connectivity index (χ0v) is 18.1. The van der Waals surface area contributed by atoms with Crippen molar-refractivity contribution < 1.29 is 14.4 Å². The quantitative estimate of drug-likeness (QED) is 0.625. The first-order valence-electron chi connectivity index (χ1n) is 11.2. The van der Waals surface area contributed by atoms with Crippen LogP contribution in [-0.4, -0.2) is 38.7 Å². The number of benzene rings is 2. The molecule has 3 amide bonds. The number of likely N-dealkylation sites (tertiary alicyclic amines) is 1. The van der Waals surface area contributed by atoms with Gasteiger partial charge in [-0.1, -0.05) is 25.0 Å². The Bertz CT molecular complexity index is 1170. The summed E-state index contributed by atoms with van der Waals surface area (Å²) in [5.41, 5.74) is 3.63. The third-order valence-corrected chi connectivity index (χ3v) is 6.71. The lowest BCUT2D eigenvalue weighted by molar-refractivity contribution is -0.140. The second kappa shape index (κ2) is 8.22. The number of nitrogens with one attached hydrogen (secondary N) is 1. The molecular weight excluding hydrogens is 404 g/mol.